The Morgan fingerprint density at radius 1 is 1.17 bits per heavy atom. The summed E-state index contributed by atoms with van der Waals surface area (Å²) in [7, 11) is 0. The number of carbonyl (C=O) groups is 2. The van der Waals surface area contributed by atoms with E-state index in [2.05, 4.69) is 15.3 Å². The van der Waals surface area contributed by atoms with E-state index < -0.39 is 12.1 Å². The maximum Gasteiger partial charge on any atom is 0.338 e. The minimum Gasteiger partial charge on any atom is -0.449 e. The minimum absolute atomic E-state index is 0.299. The minimum atomic E-state index is -0.837. The van der Waals surface area contributed by atoms with E-state index >= 15 is 0 Å². The Morgan fingerprint density at radius 3 is 2.48 bits per heavy atom. The number of hydrogen-bond acceptors (Lipinski definition) is 5. The normalized spacial score (nSPS) is 12.0. The van der Waals surface area contributed by atoms with Crippen molar-refractivity contribution < 1.29 is 14.3 Å². The number of rotatable bonds is 5. The van der Waals surface area contributed by atoms with Crippen molar-refractivity contribution in [2.24, 2.45) is 0 Å². The lowest BCUT2D eigenvalue weighted by Crippen LogP contribution is -2.36. The van der Waals surface area contributed by atoms with E-state index in [0.29, 0.717) is 17.6 Å². The number of aromatic nitrogens is 2. The lowest BCUT2D eigenvalue weighted by molar-refractivity contribution is -0.129. The van der Waals surface area contributed by atoms with Gasteiger partial charge in [0.15, 0.2) is 6.10 Å². The first kappa shape index (κ1) is 16.9. The molecule has 1 aromatic heterocycles. The molecule has 1 atom stereocenters. The number of ether oxygens (including phenoxy) is 1. The van der Waals surface area contributed by atoms with Crippen molar-refractivity contribution >= 4 is 22.9 Å². The number of carbonyl (C=O) groups excluding carboxylic acids is 2. The van der Waals surface area contributed by atoms with Crippen molar-refractivity contribution in [1.82, 2.24) is 15.3 Å². The molecule has 1 heterocycles. The highest BCUT2D eigenvalue weighted by Crippen LogP contribution is 2.15. The van der Waals surface area contributed by atoms with Crippen molar-refractivity contribution in [1.29, 1.82) is 0 Å². The van der Waals surface area contributed by atoms with Gasteiger partial charge in [0, 0.05) is 6.54 Å². The summed E-state index contributed by atoms with van der Waals surface area (Å²) in [5, 5.41) is 2.69. The van der Waals surface area contributed by atoms with Gasteiger partial charge in [-0.15, -0.1) is 0 Å². The van der Waals surface area contributed by atoms with Crippen LogP contribution in [-0.2, 0) is 9.53 Å². The number of fused-ring (bicyclic) bond motifs is 1. The SMILES string of the molecule is CCCNC(=O)[C@H](C)OC(=O)c1ccc2nc(C)c(C)nc2c1. The lowest BCUT2D eigenvalue weighted by atomic mass is 10.2. The van der Waals surface area contributed by atoms with Crippen LogP contribution in [0.1, 0.15) is 42.0 Å². The van der Waals surface area contributed by atoms with Crippen LogP contribution in [-0.4, -0.2) is 34.5 Å². The Balaban J connectivity index is 2.14. The molecule has 0 spiro atoms. The van der Waals surface area contributed by atoms with Crippen LogP contribution in [0.4, 0.5) is 0 Å². The topological polar surface area (TPSA) is 81.2 Å². The van der Waals surface area contributed by atoms with Crippen LogP contribution in [0.5, 0.6) is 0 Å². The van der Waals surface area contributed by atoms with E-state index in [0.717, 1.165) is 23.3 Å². The zero-order chi connectivity index (χ0) is 17.0. The van der Waals surface area contributed by atoms with Crippen LogP contribution >= 0.6 is 0 Å². The molecule has 2 rings (SSSR count). The molecular weight excluding hydrogens is 294 g/mol. The highest BCUT2D eigenvalue weighted by molar-refractivity contribution is 5.95. The summed E-state index contributed by atoms with van der Waals surface area (Å²) in [5.74, 6) is -0.849. The molecule has 0 bridgehead atoms. The Kier molecular flexibility index (Phi) is 5.26. The number of aryl methyl sites for hydroxylation is 2. The van der Waals surface area contributed by atoms with Gasteiger partial charge in [0.05, 0.1) is 28.0 Å². The van der Waals surface area contributed by atoms with Gasteiger partial charge in [-0.1, -0.05) is 6.92 Å². The van der Waals surface area contributed by atoms with Crippen molar-refractivity contribution in [3.8, 4) is 0 Å². The molecular formula is C17H21N3O3. The van der Waals surface area contributed by atoms with E-state index in [1.54, 1.807) is 25.1 Å². The second kappa shape index (κ2) is 7.17. The summed E-state index contributed by atoms with van der Waals surface area (Å²) in [4.78, 5) is 32.8. The second-order valence-electron chi connectivity index (χ2n) is 5.44. The second-order valence-corrected chi connectivity index (χ2v) is 5.44. The van der Waals surface area contributed by atoms with Crippen molar-refractivity contribution in [3.63, 3.8) is 0 Å². The van der Waals surface area contributed by atoms with E-state index in [-0.39, 0.29) is 5.91 Å². The molecule has 0 radical (unpaired) electrons. The average molecular weight is 315 g/mol. The Hall–Kier alpha value is -2.50. The molecule has 0 fully saturated rings. The summed E-state index contributed by atoms with van der Waals surface area (Å²) in [6.07, 6.45) is -0.00953. The highest BCUT2D eigenvalue weighted by Gasteiger charge is 2.19. The van der Waals surface area contributed by atoms with Crippen LogP contribution in [0.15, 0.2) is 18.2 Å². The molecule has 1 aromatic carbocycles. The molecule has 0 aliphatic carbocycles. The third-order valence-corrected chi connectivity index (χ3v) is 3.51. The fourth-order valence-corrected chi connectivity index (χ4v) is 2.03. The third kappa shape index (κ3) is 4.03. The quantitative estimate of drug-likeness (QED) is 0.856. The molecule has 1 N–H and O–H groups in total. The van der Waals surface area contributed by atoms with Gasteiger partial charge in [-0.2, -0.15) is 0 Å². The Bertz CT molecular complexity index is 743. The van der Waals surface area contributed by atoms with Crippen LogP contribution in [0.25, 0.3) is 11.0 Å². The van der Waals surface area contributed by atoms with Crippen molar-refractivity contribution in [2.45, 2.75) is 40.2 Å². The van der Waals surface area contributed by atoms with E-state index in [9.17, 15) is 9.59 Å². The third-order valence-electron chi connectivity index (χ3n) is 3.51. The Labute approximate surface area is 135 Å². The lowest BCUT2D eigenvalue weighted by Gasteiger charge is -2.13. The van der Waals surface area contributed by atoms with Gasteiger partial charge in [0.25, 0.3) is 5.91 Å². The number of nitrogens with zero attached hydrogens (tertiary/aromatic N) is 2. The molecule has 0 aliphatic rings. The fraction of sp³-hybridized carbons (Fsp3) is 0.412. The smallest absolute Gasteiger partial charge is 0.338 e. The predicted octanol–water partition coefficient (Wildman–Crippen LogP) is 2.32. The van der Waals surface area contributed by atoms with Gasteiger partial charge in [0.1, 0.15) is 0 Å². The molecule has 0 saturated carbocycles. The zero-order valence-electron chi connectivity index (χ0n) is 13.8. The molecule has 2 aromatic rings. The summed E-state index contributed by atoms with van der Waals surface area (Å²) in [6, 6.07) is 4.99. The van der Waals surface area contributed by atoms with Crippen LogP contribution in [0.2, 0.25) is 0 Å². The molecule has 6 nitrogen and oxygen atoms in total. The van der Waals surface area contributed by atoms with Gasteiger partial charge >= 0.3 is 5.97 Å². The molecule has 0 unspecified atom stereocenters. The molecule has 0 saturated heterocycles. The van der Waals surface area contributed by atoms with Gasteiger partial charge in [-0.25, -0.2) is 14.8 Å². The predicted molar refractivity (Wildman–Crippen MR) is 87.2 cm³/mol. The van der Waals surface area contributed by atoms with Gasteiger partial charge in [-0.3, -0.25) is 4.79 Å². The number of amides is 1. The first-order valence-electron chi connectivity index (χ1n) is 7.66. The molecule has 0 aliphatic heterocycles. The number of benzene rings is 1. The number of nitrogens with one attached hydrogen (secondary N) is 1. The van der Waals surface area contributed by atoms with Crippen molar-refractivity contribution in [3.05, 3.63) is 35.2 Å². The first-order valence-corrected chi connectivity index (χ1v) is 7.66. The summed E-state index contributed by atoms with van der Waals surface area (Å²) >= 11 is 0. The number of hydrogen-bond donors (Lipinski definition) is 1. The summed E-state index contributed by atoms with van der Waals surface area (Å²) < 4.78 is 5.20. The van der Waals surface area contributed by atoms with Gasteiger partial charge in [0.2, 0.25) is 0 Å². The van der Waals surface area contributed by atoms with Crippen LogP contribution in [0, 0.1) is 13.8 Å². The summed E-state index contributed by atoms with van der Waals surface area (Å²) in [6.45, 7) is 7.83. The van der Waals surface area contributed by atoms with Gasteiger partial charge in [-0.05, 0) is 45.4 Å². The zero-order valence-corrected chi connectivity index (χ0v) is 13.8. The molecule has 23 heavy (non-hydrogen) atoms. The first-order chi connectivity index (χ1) is 10.9. The maximum atomic E-state index is 12.2. The van der Waals surface area contributed by atoms with E-state index in [1.165, 1.54) is 0 Å². The van der Waals surface area contributed by atoms with E-state index in [4.69, 9.17) is 4.74 Å². The maximum absolute atomic E-state index is 12.2. The molecule has 6 heteroatoms. The highest BCUT2D eigenvalue weighted by atomic mass is 16.5. The van der Waals surface area contributed by atoms with Gasteiger partial charge < -0.3 is 10.1 Å². The standard InChI is InChI=1S/C17H21N3O3/c1-5-8-18-16(21)12(4)23-17(22)13-6-7-14-15(9-13)20-11(3)10(2)19-14/h6-7,9,12H,5,8H2,1-4H3,(H,18,21)/t12-/m0/s1. The molecule has 1 amide bonds. The molecule has 122 valence electrons. The average Bonchev–Trinajstić information content (AvgIpc) is 2.53. The van der Waals surface area contributed by atoms with Crippen molar-refractivity contribution in [2.75, 3.05) is 6.54 Å². The van der Waals surface area contributed by atoms with Crippen LogP contribution < -0.4 is 5.32 Å². The largest absolute Gasteiger partial charge is 0.449 e. The number of esters is 1. The van der Waals surface area contributed by atoms with E-state index in [1.807, 2.05) is 20.8 Å². The van der Waals surface area contributed by atoms with Crippen LogP contribution in [0.3, 0.4) is 0 Å². The monoisotopic (exact) mass is 315 g/mol. The fourth-order valence-electron chi connectivity index (χ4n) is 2.03. The Morgan fingerprint density at radius 2 is 1.83 bits per heavy atom. The summed E-state index contributed by atoms with van der Waals surface area (Å²) in [5.41, 5.74) is 3.37.